The fourth-order valence-electron chi connectivity index (χ4n) is 7.70. The highest BCUT2D eigenvalue weighted by Gasteiger charge is 2.74. The zero-order valence-electron chi connectivity index (χ0n) is 16.5. The summed E-state index contributed by atoms with van der Waals surface area (Å²) in [5, 5.41) is 0. The Morgan fingerprint density at radius 1 is 1.15 bits per heavy atom. The molecule has 5 heteroatoms. The number of methoxy groups -OCH3 is 1. The summed E-state index contributed by atoms with van der Waals surface area (Å²) in [6.45, 7) is 7.47. The fraction of sp³-hybridized carbons (Fsp3) is 0.952. The van der Waals surface area contributed by atoms with Crippen LogP contribution in [0.25, 0.3) is 0 Å². The molecule has 0 bridgehead atoms. The van der Waals surface area contributed by atoms with E-state index in [1.54, 1.807) is 7.11 Å². The van der Waals surface area contributed by atoms with Crippen molar-refractivity contribution >= 4 is 5.97 Å². The molecule has 5 aliphatic rings. The summed E-state index contributed by atoms with van der Waals surface area (Å²) in [5.74, 6) is 0.671. The summed E-state index contributed by atoms with van der Waals surface area (Å²) >= 11 is 0. The van der Waals surface area contributed by atoms with Gasteiger partial charge in [-0.05, 0) is 44.9 Å². The van der Waals surface area contributed by atoms with Gasteiger partial charge in [0, 0.05) is 24.9 Å². The van der Waals surface area contributed by atoms with Gasteiger partial charge in [0.2, 0.25) is 0 Å². The van der Waals surface area contributed by atoms with Crippen molar-refractivity contribution in [3.05, 3.63) is 0 Å². The van der Waals surface area contributed by atoms with Gasteiger partial charge in [0.25, 0.3) is 0 Å². The molecule has 146 valence electrons. The van der Waals surface area contributed by atoms with Crippen molar-refractivity contribution in [1.29, 1.82) is 0 Å². The molecule has 2 spiro atoms. The lowest BCUT2D eigenvalue weighted by atomic mass is 9.44. The van der Waals surface area contributed by atoms with Crippen LogP contribution in [0.3, 0.4) is 0 Å². The molecule has 3 aliphatic heterocycles. The molecule has 26 heavy (non-hydrogen) atoms. The predicted molar refractivity (Wildman–Crippen MR) is 94.4 cm³/mol. The van der Waals surface area contributed by atoms with Gasteiger partial charge < -0.3 is 18.9 Å². The van der Waals surface area contributed by atoms with Crippen LogP contribution in [0.5, 0.6) is 0 Å². The third-order valence-electron chi connectivity index (χ3n) is 8.89. The second-order valence-electron chi connectivity index (χ2n) is 10.1. The zero-order chi connectivity index (χ0) is 18.4. The Kier molecular flexibility index (Phi) is 3.51. The maximum Gasteiger partial charge on any atom is 0.312 e. The van der Waals surface area contributed by atoms with E-state index in [2.05, 4.69) is 20.8 Å². The highest BCUT2D eigenvalue weighted by molar-refractivity contribution is 5.80. The van der Waals surface area contributed by atoms with Crippen molar-refractivity contribution < 1.29 is 23.7 Å². The first-order valence-corrected chi connectivity index (χ1v) is 10.3. The van der Waals surface area contributed by atoms with Crippen LogP contribution < -0.4 is 0 Å². The summed E-state index contributed by atoms with van der Waals surface area (Å²) in [6, 6.07) is 0. The van der Waals surface area contributed by atoms with Crippen LogP contribution in [0.2, 0.25) is 0 Å². The van der Waals surface area contributed by atoms with E-state index in [0.29, 0.717) is 12.5 Å². The lowest BCUT2D eigenvalue weighted by Gasteiger charge is -2.62. The number of fused-ring (bicyclic) bond motifs is 1. The number of hydrogen-bond acceptors (Lipinski definition) is 5. The quantitative estimate of drug-likeness (QED) is 0.667. The first kappa shape index (κ1) is 17.4. The first-order chi connectivity index (χ1) is 12.3. The second-order valence-corrected chi connectivity index (χ2v) is 10.1. The number of hydrogen-bond donors (Lipinski definition) is 0. The zero-order valence-corrected chi connectivity index (χ0v) is 16.5. The highest BCUT2D eigenvalue weighted by Crippen LogP contribution is 2.70. The Balaban J connectivity index is 1.55. The van der Waals surface area contributed by atoms with Crippen molar-refractivity contribution in [2.45, 2.75) is 89.3 Å². The summed E-state index contributed by atoms with van der Waals surface area (Å²) in [7, 11) is 1.71. The third kappa shape index (κ3) is 1.90. The third-order valence-corrected chi connectivity index (χ3v) is 8.89. The summed E-state index contributed by atoms with van der Waals surface area (Å²) in [6.07, 6.45) is 6.87. The minimum Gasteiger partial charge on any atom is -0.462 e. The van der Waals surface area contributed by atoms with Gasteiger partial charge in [-0.15, -0.1) is 0 Å². The molecule has 0 aromatic heterocycles. The summed E-state index contributed by atoms with van der Waals surface area (Å²) in [5.41, 5.74) is -0.772. The average molecular weight is 364 g/mol. The number of esters is 1. The molecule has 2 aliphatic carbocycles. The van der Waals surface area contributed by atoms with E-state index in [0.717, 1.165) is 44.9 Å². The molecule has 5 nitrogen and oxygen atoms in total. The maximum atomic E-state index is 12.8. The SMILES string of the molecule is CO[C@H]1C[C@]2(CC[C@@]3(O2)[C@H](C)C[C@H]2OC(=O)[C@@]4(C)CCC[C@@]3(C)C24)CO1. The smallest absolute Gasteiger partial charge is 0.312 e. The molecule has 3 saturated heterocycles. The van der Waals surface area contributed by atoms with E-state index >= 15 is 0 Å². The van der Waals surface area contributed by atoms with E-state index in [9.17, 15) is 4.79 Å². The molecular weight excluding hydrogens is 332 g/mol. The van der Waals surface area contributed by atoms with Crippen LogP contribution in [0, 0.1) is 22.7 Å². The Hall–Kier alpha value is -0.650. The van der Waals surface area contributed by atoms with Crippen LogP contribution in [-0.2, 0) is 23.7 Å². The Bertz CT molecular complexity index is 636. The van der Waals surface area contributed by atoms with Gasteiger partial charge >= 0.3 is 5.97 Å². The molecule has 2 saturated carbocycles. The fourth-order valence-corrected chi connectivity index (χ4v) is 7.70. The average Bonchev–Trinajstić information content (AvgIpc) is 3.25. The molecule has 3 heterocycles. The Labute approximate surface area is 156 Å². The van der Waals surface area contributed by atoms with Gasteiger partial charge in [-0.25, -0.2) is 0 Å². The van der Waals surface area contributed by atoms with Crippen LogP contribution in [0.1, 0.15) is 65.7 Å². The van der Waals surface area contributed by atoms with Crippen LogP contribution in [-0.4, -0.2) is 43.3 Å². The topological polar surface area (TPSA) is 54.0 Å². The van der Waals surface area contributed by atoms with E-state index < -0.39 is 0 Å². The summed E-state index contributed by atoms with van der Waals surface area (Å²) < 4.78 is 24.3. The molecule has 5 rings (SSSR count). The van der Waals surface area contributed by atoms with E-state index in [-0.39, 0.29) is 46.3 Å². The molecular formula is C21H32O5. The van der Waals surface area contributed by atoms with Crippen LogP contribution >= 0.6 is 0 Å². The summed E-state index contributed by atoms with van der Waals surface area (Å²) in [4.78, 5) is 12.8. The van der Waals surface area contributed by atoms with Crippen LogP contribution in [0.15, 0.2) is 0 Å². The molecule has 8 atom stereocenters. The second kappa shape index (κ2) is 5.24. The molecule has 5 fully saturated rings. The minimum atomic E-state index is -0.342. The number of carbonyl (C=O) groups is 1. The van der Waals surface area contributed by atoms with E-state index in [1.807, 2.05) is 0 Å². The van der Waals surface area contributed by atoms with E-state index in [4.69, 9.17) is 18.9 Å². The van der Waals surface area contributed by atoms with Crippen molar-refractivity contribution in [2.24, 2.45) is 22.7 Å². The highest BCUT2D eigenvalue weighted by atomic mass is 16.7. The maximum absolute atomic E-state index is 12.8. The van der Waals surface area contributed by atoms with Crippen LogP contribution in [0.4, 0.5) is 0 Å². The lowest BCUT2D eigenvalue weighted by Crippen LogP contribution is -2.65. The predicted octanol–water partition coefficient (Wildman–Crippen LogP) is 3.45. The van der Waals surface area contributed by atoms with Crippen molar-refractivity contribution in [2.75, 3.05) is 13.7 Å². The minimum absolute atomic E-state index is 0.0247. The monoisotopic (exact) mass is 364 g/mol. The molecule has 1 unspecified atom stereocenters. The largest absolute Gasteiger partial charge is 0.462 e. The van der Waals surface area contributed by atoms with Gasteiger partial charge in [-0.3, -0.25) is 4.79 Å². The van der Waals surface area contributed by atoms with Gasteiger partial charge in [-0.1, -0.05) is 20.3 Å². The van der Waals surface area contributed by atoms with Gasteiger partial charge in [-0.2, -0.15) is 0 Å². The molecule has 0 amide bonds. The normalized spacial score (nSPS) is 58.4. The number of carbonyl (C=O) groups excluding carboxylic acids is 1. The van der Waals surface area contributed by atoms with Gasteiger partial charge in [0.1, 0.15) is 6.10 Å². The standard InChI is InChI=1S/C21H32O5/c1-13-10-14-16-18(2,17(22)25-14)6-5-7-19(16,3)21(13)9-8-20(26-21)11-15(23-4)24-12-20/h13-16H,5-12H2,1-4H3/t13-,14-,15-,16?,18+,19+,20-,21-/m1/s1. The molecule has 0 aromatic carbocycles. The molecule has 0 N–H and O–H groups in total. The van der Waals surface area contributed by atoms with Crippen molar-refractivity contribution in [3.63, 3.8) is 0 Å². The Morgan fingerprint density at radius 3 is 2.69 bits per heavy atom. The first-order valence-electron chi connectivity index (χ1n) is 10.3. The van der Waals surface area contributed by atoms with Gasteiger partial charge in [0.15, 0.2) is 6.29 Å². The van der Waals surface area contributed by atoms with Gasteiger partial charge in [0.05, 0.1) is 23.2 Å². The Morgan fingerprint density at radius 2 is 1.96 bits per heavy atom. The van der Waals surface area contributed by atoms with E-state index in [1.165, 1.54) is 0 Å². The number of ether oxygens (including phenoxy) is 4. The lowest BCUT2D eigenvalue weighted by molar-refractivity contribution is -0.251. The van der Waals surface area contributed by atoms with Crippen molar-refractivity contribution in [3.8, 4) is 0 Å². The number of rotatable bonds is 1. The van der Waals surface area contributed by atoms with Crippen molar-refractivity contribution in [1.82, 2.24) is 0 Å². The molecule has 0 aromatic rings. The molecule has 0 radical (unpaired) electrons.